The number of hydrazone groups is 1. The number of aromatic nitrogens is 2. The van der Waals surface area contributed by atoms with Gasteiger partial charge < -0.3 is 4.74 Å². The molecule has 2 N–H and O–H groups in total. The van der Waals surface area contributed by atoms with Crippen LogP contribution in [0.5, 0.6) is 5.88 Å². The molecule has 10 heteroatoms. The average Bonchev–Trinajstić information content (AvgIpc) is 3.13. The summed E-state index contributed by atoms with van der Waals surface area (Å²) in [5, 5.41) is 11.6. The van der Waals surface area contributed by atoms with Gasteiger partial charge in [0.25, 0.3) is 11.5 Å². The number of hydrogen-bond acceptors (Lipinski definition) is 7. The zero-order valence-electron chi connectivity index (χ0n) is 15.9. The maximum atomic E-state index is 12.2. The lowest BCUT2D eigenvalue weighted by atomic mass is 10.2. The number of H-pyrrole nitrogens is 1. The fourth-order valence-electron chi connectivity index (χ4n) is 2.87. The molecule has 2 amide bonds. The van der Waals surface area contributed by atoms with Crippen molar-refractivity contribution in [1.29, 1.82) is 0 Å². The highest BCUT2D eigenvalue weighted by molar-refractivity contribution is 8.15. The van der Waals surface area contributed by atoms with E-state index in [1.807, 2.05) is 31.2 Å². The van der Waals surface area contributed by atoms with Gasteiger partial charge in [0, 0.05) is 0 Å². The number of amidine groups is 1. The first kappa shape index (κ1) is 19.6. The van der Waals surface area contributed by atoms with Crippen LogP contribution in [-0.4, -0.2) is 39.5 Å². The number of anilines is 1. The third kappa shape index (κ3) is 4.03. The Morgan fingerprint density at radius 3 is 2.70 bits per heavy atom. The summed E-state index contributed by atoms with van der Waals surface area (Å²) < 4.78 is 5.45. The standard InChI is InChI=1S/C20H17N5O4S/c1-12-6-8-13(9-7-12)25-17(27)11-30-20(25)24-21-16(26)10-29-19-15-5-3-2-4-14(15)18(28)22-23-19/h2-9H,10-11H2,1H3,(H,21,26)(H,22,28)/b24-20-. The zero-order chi connectivity index (χ0) is 21.1. The van der Waals surface area contributed by atoms with E-state index in [1.165, 1.54) is 16.7 Å². The second-order valence-electron chi connectivity index (χ2n) is 6.47. The van der Waals surface area contributed by atoms with Crippen LogP contribution < -0.4 is 20.6 Å². The predicted molar refractivity (Wildman–Crippen MR) is 115 cm³/mol. The molecule has 1 saturated heterocycles. The minimum Gasteiger partial charge on any atom is -0.466 e. The normalized spacial score (nSPS) is 15.0. The number of thioether (sulfide) groups is 1. The maximum absolute atomic E-state index is 12.2. The molecule has 152 valence electrons. The van der Waals surface area contributed by atoms with Crippen LogP contribution in [0.1, 0.15) is 5.56 Å². The van der Waals surface area contributed by atoms with E-state index in [-0.39, 0.29) is 29.7 Å². The van der Waals surface area contributed by atoms with Crippen LogP contribution in [0.25, 0.3) is 10.8 Å². The van der Waals surface area contributed by atoms with E-state index >= 15 is 0 Å². The summed E-state index contributed by atoms with van der Waals surface area (Å²) in [7, 11) is 0. The van der Waals surface area contributed by atoms with Gasteiger partial charge >= 0.3 is 0 Å². The summed E-state index contributed by atoms with van der Waals surface area (Å²) in [4.78, 5) is 37.7. The number of nitrogens with one attached hydrogen (secondary N) is 2. The monoisotopic (exact) mass is 423 g/mol. The molecule has 1 aromatic heterocycles. The predicted octanol–water partition coefficient (Wildman–Crippen LogP) is 1.78. The molecule has 0 atom stereocenters. The highest BCUT2D eigenvalue weighted by Gasteiger charge is 2.30. The number of aryl methyl sites for hydroxylation is 1. The van der Waals surface area contributed by atoms with Crippen LogP contribution in [0.4, 0.5) is 5.69 Å². The van der Waals surface area contributed by atoms with Gasteiger partial charge in [-0.2, -0.15) is 0 Å². The molecule has 0 unspecified atom stereocenters. The quantitative estimate of drug-likeness (QED) is 0.604. The summed E-state index contributed by atoms with van der Waals surface area (Å²) in [5.41, 5.74) is 3.81. The Bertz CT molecular complexity index is 1210. The number of aromatic amines is 1. The van der Waals surface area contributed by atoms with Crippen molar-refractivity contribution in [2.24, 2.45) is 5.10 Å². The summed E-state index contributed by atoms with van der Waals surface area (Å²) >= 11 is 1.24. The van der Waals surface area contributed by atoms with Gasteiger partial charge in [-0.1, -0.05) is 41.6 Å². The molecule has 0 saturated carbocycles. The molecule has 9 nitrogen and oxygen atoms in total. The second kappa shape index (κ2) is 8.37. The minimum absolute atomic E-state index is 0.114. The molecule has 3 aromatic rings. The van der Waals surface area contributed by atoms with Crippen molar-refractivity contribution in [3.8, 4) is 5.88 Å². The molecular formula is C20H17N5O4S. The van der Waals surface area contributed by atoms with Gasteiger partial charge in [-0.15, -0.1) is 10.2 Å². The van der Waals surface area contributed by atoms with Gasteiger partial charge in [-0.25, -0.2) is 10.5 Å². The summed E-state index contributed by atoms with van der Waals surface area (Å²) in [6, 6.07) is 14.3. The van der Waals surface area contributed by atoms with E-state index in [4.69, 9.17) is 4.74 Å². The van der Waals surface area contributed by atoms with Crippen molar-refractivity contribution in [2.75, 3.05) is 17.3 Å². The Hall–Kier alpha value is -3.66. The number of fused-ring (bicyclic) bond motifs is 1. The first-order valence-corrected chi connectivity index (χ1v) is 10.0. The van der Waals surface area contributed by atoms with Crippen molar-refractivity contribution in [3.63, 3.8) is 0 Å². The molecule has 0 radical (unpaired) electrons. The van der Waals surface area contributed by atoms with Crippen LogP contribution in [0.3, 0.4) is 0 Å². The Morgan fingerprint density at radius 1 is 1.20 bits per heavy atom. The summed E-state index contributed by atoms with van der Waals surface area (Å²) in [6.07, 6.45) is 0. The number of amides is 2. The van der Waals surface area contributed by atoms with Gasteiger partial charge in [-0.3, -0.25) is 19.3 Å². The molecular weight excluding hydrogens is 406 g/mol. The molecule has 1 fully saturated rings. The molecule has 30 heavy (non-hydrogen) atoms. The smallest absolute Gasteiger partial charge is 0.278 e. The first-order valence-electron chi connectivity index (χ1n) is 9.02. The van der Waals surface area contributed by atoms with Gasteiger partial charge in [0.05, 0.1) is 22.2 Å². The molecule has 4 rings (SSSR count). The van der Waals surface area contributed by atoms with E-state index in [2.05, 4.69) is 20.7 Å². The lowest BCUT2D eigenvalue weighted by Gasteiger charge is -2.16. The third-order valence-electron chi connectivity index (χ3n) is 4.33. The fourth-order valence-corrected chi connectivity index (χ4v) is 3.70. The number of benzene rings is 2. The SMILES string of the molecule is Cc1ccc(N2C(=O)CS/C2=N\NC(=O)COc2n[nH]c(=O)c3ccccc23)cc1. The van der Waals surface area contributed by atoms with Crippen LogP contribution in [0, 0.1) is 6.92 Å². The highest BCUT2D eigenvalue weighted by atomic mass is 32.2. The Labute approximate surface area is 175 Å². The van der Waals surface area contributed by atoms with Crippen LogP contribution in [0.15, 0.2) is 58.4 Å². The summed E-state index contributed by atoms with van der Waals surface area (Å²) in [6.45, 7) is 1.60. The molecule has 2 aromatic carbocycles. The van der Waals surface area contributed by atoms with Crippen molar-refractivity contribution in [3.05, 3.63) is 64.4 Å². The van der Waals surface area contributed by atoms with Gasteiger partial charge in [-0.05, 0) is 31.2 Å². The van der Waals surface area contributed by atoms with Crippen molar-refractivity contribution in [2.45, 2.75) is 6.92 Å². The van der Waals surface area contributed by atoms with E-state index in [9.17, 15) is 14.4 Å². The van der Waals surface area contributed by atoms with E-state index < -0.39 is 5.91 Å². The lowest BCUT2D eigenvalue weighted by Crippen LogP contribution is -2.32. The average molecular weight is 423 g/mol. The molecule has 2 heterocycles. The lowest BCUT2D eigenvalue weighted by molar-refractivity contribution is -0.123. The van der Waals surface area contributed by atoms with E-state index in [1.54, 1.807) is 24.3 Å². The van der Waals surface area contributed by atoms with E-state index in [0.717, 1.165) is 5.56 Å². The highest BCUT2D eigenvalue weighted by Crippen LogP contribution is 2.26. The number of ether oxygens (including phenoxy) is 1. The Kier molecular flexibility index (Phi) is 5.48. The molecule has 1 aliphatic rings. The van der Waals surface area contributed by atoms with Crippen molar-refractivity contribution < 1.29 is 14.3 Å². The molecule has 0 aliphatic carbocycles. The second-order valence-corrected chi connectivity index (χ2v) is 7.42. The topological polar surface area (TPSA) is 117 Å². The number of carbonyl (C=O) groups is 2. The molecule has 0 spiro atoms. The summed E-state index contributed by atoms with van der Waals surface area (Å²) in [5.74, 6) is -0.257. The van der Waals surface area contributed by atoms with Gasteiger partial charge in [0.1, 0.15) is 0 Å². The number of hydrogen-bond donors (Lipinski definition) is 2. The van der Waals surface area contributed by atoms with Gasteiger partial charge in [0.2, 0.25) is 11.8 Å². The third-order valence-corrected chi connectivity index (χ3v) is 5.26. The number of rotatable bonds is 5. The van der Waals surface area contributed by atoms with Gasteiger partial charge in [0.15, 0.2) is 11.8 Å². The minimum atomic E-state index is -0.525. The zero-order valence-corrected chi connectivity index (χ0v) is 16.7. The largest absolute Gasteiger partial charge is 0.466 e. The first-order chi connectivity index (χ1) is 14.5. The Balaban J connectivity index is 1.44. The number of nitrogens with zero attached hydrogens (tertiary/aromatic N) is 3. The van der Waals surface area contributed by atoms with Crippen molar-refractivity contribution in [1.82, 2.24) is 15.6 Å². The van der Waals surface area contributed by atoms with Crippen LogP contribution in [-0.2, 0) is 9.59 Å². The van der Waals surface area contributed by atoms with Crippen LogP contribution in [0.2, 0.25) is 0 Å². The fraction of sp³-hybridized carbons (Fsp3) is 0.150. The number of carbonyl (C=O) groups excluding carboxylic acids is 2. The van der Waals surface area contributed by atoms with Crippen LogP contribution >= 0.6 is 11.8 Å². The Morgan fingerprint density at radius 2 is 1.93 bits per heavy atom. The van der Waals surface area contributed by atoms with Crippen molar-refractivity contribution >= 4 is 45.2 Å². The molecule has 1 aliphatic heterocycles. The maximum Gasteiger partial charge on any atom is 0.278 e. The molecule has 0 bridgehead atoms. The van der Waals surface area contributed by atoms with E-state index in [0.29, 0.717) is 21.6 Å².